The number of ether oxygens (including phenoxy) is 2. The summed E-state index contributed by atoms with van der Waals surface area (Å²) in [6.07, 6.45) is 27.8. The minimum Gasteiger partial charge on any atom is -0.378 e. The van der Waals surface area contributed by atoms with Gasteiger partial charge in [-0.1, -0.05) is 103 Å². The monoisotopic (exact) mass is 380 g/mol. The quantitative estimate of drug-likeness (QED) is 0.189. The molecule has 2 atom stereocenters. The summed E-state index contributed by atoms with van der Waals surface area (Å²) in [4.78, 5) is 0. The summed E-state index contributed by atoms with van der Waals surface area (Å²) in [7, 11) is 0. The SMILES string of the molecule is CCCCCCCCCCCCCCCCCCOC1CC1COC1CC1. The minimum atomic E-state index is 0.528. The molecule has 0 spiro atoms. The van der Waals surface area contributed by atoms with E-state index < -0.39 is 0 Å². The third-order valence-corrected chi connectivity index (χ3v) is 6.26. The predicted molar refractivity (Wildman–Crippen MR) is 116 cm³/mol. The maximum absolute atomic E-state index is 5.96. The highest BCUT2D eigenvalue weighted by atomic mass is 16.5. The van der Waals surface area contributed by atoms with E-state index in [0.29, 0.717) is 18.1 Å². The van der Waals surface area contributed by atoms with Gasteiger partial charge in [-0.05, 0) is 25.7 Å². The van der Waals surface area contributed by atoms with Gasteiger partial charge in [0.2, 0.25) is 0 Å². The molecule has 160 valence electrons. The van der Waals surface area contributed by atoms with Crippen molar-refractivity contribution in [1.29, 1.82) is 0 Å². The maximum Gasteiger partial charge on any atom is 0.0630 e. The van der Waals surface area contributed by atoms with Crippen LogP contribution in [-0.4, -0.2) is 25.4 Å². The van der Waals surface area contributed by atoms with Crippen LogP contribution in [0.2, 0.25) is 0 Å². The van der Waals surface area contributed by atoms with Crippen LogP contribution in [0.1, 0.15) is 129 Å². The lowest BCUT2D eigenvalue weighted by molar-refractivity contribution is 0.0667. The van der Waals surface area contributed by atoms with Crippen LogP contribution >= 0.6 is 0 Å². The van der Waals surface area contributed by atoms with Gasteiger partial charge in [-0.25, -0.2) is 0 Å². The first kappa shape index (κ1) is 23.2. The normalized spacial score (nSPS) is 21.7. The largest absolute Gasteiger partial charge is 0.378 e. The van der Waals surface area contributed by atoms with E-state index in [0.717, 1.165) is 13.2 Å². The fourth-order valence-corrected chi connectivity index (χ4v) is 3.98. The molecule has 0 radical (unpaired) electrons. The molecule has 2 aliphatic carbocycles. The van der Waals surface area contributed by atoms with Gasteiger partial charge < -0.3 is 9.47 Å². The van der Waals surface area contributed by atoms with E-state index in [2.05, 4.69) is 6.92 Å². The van der Waals surface area contributed by atoms with Gasteiger partial charge in [0.15, 0.2) is 0 Å². The fraction of sp³-hybridized carbons (Fsp3) is 1.00. The molecule has 27 heavy (non-hydrogen) atoms. The Morgan fingerprint density at radius 1 is 0.593 bits per heavy atom. The summed E-state index contributed by atoms with van der Waals surface area (Å²) < 4.78 is 11.7. The lowest BCUT2D eigenvalue weighted by atomic mass is 10.0. The molecule has 2 aliphatic rings. The molecule has 0 aromatic heterocycles. The molecule has 0 bridgehead atoms. The third kappa shape index (κ3) is 13.7. The summed E-state index contributed by atoms with van der Waals surface area (Å²) in [6.45, 7) is 4.22. The van der Waals surface area contributed by atoms with Gasteiger partial charge in [-0.15, -0.1) is 0 Å². The van der Waals surface area contributed by atoms with Crippen molar-refractivity contribution in [3.63, 3.8) is 0 Å². The van der Waals surface area contributed by atoms with E-state index in [-0.39, 0.29) is 0 Å². The minimum absolute atomic E-state index is 0.528. The van der Waals surface area contributed by atoms with Crippen molar-refractivity contribution in [3.05, 3.63) is 0 Å². The Morgan fingerprint density at radius 2 is 1.07 bits per heavy atom. The second-order valence-electron chi connectivity index (χ2n) is 9.24. The molecule has 0 aliphatic heterocycles. The molecular weight excluding hydrogens is 332 g/mol. The van der Waals surface area contributed by atoms with E-state index in [4.69, 9.17) is 9.47 Å². The Hall–Kier alpha value is -0.0800. The van der Waals surface area contributed by atoms with Crippen LogP contribution in [0.25, 0.3) is 0 Å². The zero-order chi connectivity index (χ0) is 19.0. The Balaban J connectivity index is 1.18. The van der Waals surface area contributed by atoms with E-state index in [9.17, 15) is 0 Å². The molecule has 2 saturated carbocycles. The average molecular weight is 381 g/mol. The van der Waals surface area contributed by atoms with Crippen LogP contribution in [0.3, 0.4) is 0 Å². The Labute approximate surface area is 170 Å². The molecule has 2 unspecified atom stereocenters. The topological polar surface area (TPSA) is 18.5 Å². The van der Waals surface area contributed by atoms with Gasteiger partial charge in [0.05, 0.1) is 18.8 Å². The van der Waals surface area contributed by atoms with Crippen LogP contribution in [-0.2, 0) is 9.47 Å². The molecule has 0 saturated heterocycles. The van der Waals surface area contributed by atoms with Gasteiger partial charge >= 0.3 is 0 Å². The first-order chi connectivity index (χ1) is 13.4. The van der Waals surface area contributed by atoms with E-state index >= 15 is 0 Å². The molecule has 0 heterocycles. The first-order valence-corrected chi connectivity index (χ1v) is 12.6. The summed E-state index contributed by atoms with van der Waals surface area (Å²) in [5.74, 6) is 0.714. The van der Waals surface area contributed by atoms with E-state index in [1.165, 1.54) is 122 Å². The third-order valence-electron chi connectivity index (χ3n) is 6.26. The van der Waals surface area contributed by atoms with E-state index in [1.54, 1.807) is 0 Å². The molecule has 2 fully saturated rings. The maximum atomic E-state index is 5.96. The standard InChI is InChI=1S/C25H48O2/c1-2-3-4-5-6-7-8-9-10-11-12-13-14-15-16-17-20-26-25-21-23(25)22-27-24-18-19-24/h23-25H,2-22H2,1H3. The molecule has 0 aromatic rings. The van der Waals surface area contributed by atoms with E-state index in [1.807, 2.05) is 0 Å². The summed E-state index contributed by atoms with van der Waals surface area (Å²) in [6, 6.07) is 0. The smallest absolute Gasteiger partial charge is 0.0630 e. The van der Waals surface area contributed by atoms with Gasteiger partial charge in [-0.2, -0.15) is 0 Å². The lowest BCUT2D eigenvalue weighted by Gasteiger charge is -2.05. The van der Waals surface area contributed by atoms with Crippen molar-refractivity contribution in [2.75, 3.05) is 13.2 Å². The summed E-state index contributed by atoms with van der Waals surface area (Å²) >= 11 is 0. The van der Waals surface area contributed by atoms with Crippen LogP contribution in [0.15, 0.2) is 0 Å². The van der Waals surface area contributed by atoms with Crippen molar-refractivity contribution in [1.82, 2.24) is 0 Å². The van der Waals surface area contributed by atoms with Crippen molar-refractivity contribution < 1.29 is 9.47 Å². The molecule has 0 N–H and O–H groups in total. The molecule has 2 heteroatoms. The van der Waals surface area contributed by atoms with Crippen LogP contribution in [0, 0.1) is 5.92 Å². The second kappa shape index (κ2) is 15.8. The Bertz CT molecular complexity index is 326. The predicted octanol–water partition coefficient (Wildman–Crippen LogP) is 7.83. The number of hydrogen-bond acceptors (Lipinski definition) is 2. The zero-order valence-electron chi connectivity index (χ0n) is 18.4. The molecule has 2 rings (SSSR count). The Kier molecular flexibility index (Phi) is 13.6. The number of rotatable bonds is 21. The first-order valence-electron chi connectivity index (χ1n) is 12.6. The molecule has 0 amide bonds. The van der Waals surface area contributed by atoms with Gasteiger partial charge in [-0.3, -0.25) is 0 Å². The van der Waals surface area contributed by atoms with Crippen molar-refractivity contribution in [3.8, 4) is 0 Å². The van der Waals surface area contributed by atoms with Gasteiger partial charge in [0.1, 0.15) is 0 Å². The van der Waals surface area contributed by atoms with Crippen molar-refractivity contribution >= 4 is 0 Å². The van der Waals surface area contributed by atoms with Crippen LogP contribution in [0.5, 0.6) is 0 Å². The number of unbranched alkanes of at least 4 members (excludes halogenated alkanes) is 15. The van der Waals surface area contributed by atoms with Crippen molar-refractivity contribution in [2.45, 2.75) is 141 Å². The van der Waals surface area contributed by atoms with Crippen LogP contribution < -0.4 is 0 Å². The molecule has 0 aromatic carbocycles. The van der Waals surface area contributed by atoms with Crippen molar-refractivity contribution in [2.24, 2.45) is 5.92 Å². The number of hydrogen-bond donors (Lipinski definition) is 0. The highest BCUT2D eigenvalue weighted by Gasteiger charge is 2.39. The van der Waals surface area contributed by atoms with Gasteiger partial charge in [0.25, 0.3) is 0 Å². The second-order valence-corrected chi connectivity index (χ2v) is 9.24. The lowest BCUT2D eigenvalue weighted by Crippen LogP contribution is -2.05. The van der Waals surface area contributed by atoms with Crippen LogP contribution in [0.4, 0.5) is 0 Å². The average Bonchev–Trinajstić information content (AvgIpc) is 3.58. The molecular formula is C25H48O2. The summed E-state index contributed by atoms with van der Waals surface area (Å²) in [5, 5.41) is 0. The zero-order valence-corrected chi connectivity index (χ0v) is 18.4. The highest BCUT2D eigenvalue weighted by Crippen LogP contribution is 2.36. The summed E-state index contributed by atoms with van der Waals surface area (Å²) in [5.41, 5.74) is 0. The molecule has 2 nitrogen and oxygen atoms in total. The Morgan fingerprint density at radius 3 is 1.56 bits per heavy atom. The van der Waals surface area contributed by atoms with Gasteiger partial charge in [0, 0.05) is 12.5 Å². The highest BCUT2D eigenvalue weighted by molar-refractivity contribution is 4.88. The fourth-order valence-electron chi connectivity index (χ4n) is 3.98.